The molecule has 0 N–H and O–H groups in total. The van der Waals surface area contributed by atoms with Gasteiger partial charge in [-0.25, -0.2) is 5.11 Å². The lowest BCUT2D eigenvalue weighted by Gasteiger charge is -1.91. The molecule has 1 radical (unpaired) electrons. The Kier molecular flexibility index (Phi) is 1.55. The highest BCUT2D eigenvalue weighted by molar-refractivity contribution is 6.20. The summed E-state index contributed by atoms with van der Waals surface area (Å²) in [6, 6.07) is 0. The summed E-state index contributed by atoms with van der Waals surface area (Å²) in [4.78, 5) is 0. The molecule has 1 nitrogen and oxygen atoms in total. The molecule has 0 aromatic carbocycles. The summed E-state index contributed by atoms with van der Waals surface area (Å²) in [5.41, 5.74) is 0. The molecule has 0 aliphatic heterocycles. The number of rotatable bonds is 0. The van der Waals surface area contributed by atoms with Gasteiger partial charge in [0.1, 0.15) is 0 Å². The van der Waals surface area contributed by atoms with Crippen molar-refractivity contribution in [1.29, 1.82) is 0 Å². The Morgan fingerprint density at radius 3 is 2.29 bits per heavy atom. The molecule has 2 heteroatoms. The summed E-state index contributed by atoms with van der Waals surface area (Å²) in [6.45, 7) is 0. The maximum atomic E-state index is 10.5. The maximum Gasteiger partial charge on any atom is 0.0944 e. The minimum Gasteiger partial charge on any atom is -0.233 e. The normalized spacial score (nSPS) is 42.0. The first-order valence-electron chi connectivity index (χ1n) is 2.59. The molecule has 2 atom stereocenters. The van der Waals surface area contributed by atoms with Gasteiger partial charge in [0.25, 0.3) is 0 Å². The highest BCUT2D eigenvalue weighted by Gasteiger charge is 2.21. The van der Waals surface area contributed by atoms with Gasteiger partial charge in [0, 0.05) is 5.38 Å². The number of hydrogen-bond acceptors (Lipinski definition) is 0. The lowest BCUT2D eigenvalue weighted by molar-refractivity contribution is 0.0958. The quantitative estimate of drug-likeness (QED) is 0.432. The summed E-state index contributed by atoms with van der Waals surface area (Å²) in [6.07, 6.45) is 2.04. The van der Waals surface area contributed by atoms with E-state index in [4.69, 9.17) is 11.6 Å². The van der Waals surface area contributed by atoms with Gasteiger partial charge in [-0.2, -0.15) is 0 Å². The molecule has 0 amide bonds. The molecular weight excluding hydrogens is 112 g/mol. The second-order valence-electron chi connectivity index (χ2n) is 2.03. The molecule has 7 heavy (non-hydrogen) atoms. The fraction of sp³-hybridized carbons (Fsp3) is 1.00. The average molecular weight is 120 g/mol. The predicted octanol–water partition coefficient (Wildman–Crippen LogP) is 1.58. The largest absolute Gasteiger partial charge is 0.233 e. The summed E-state index contributed by atoms with van der Waals surface area (Å²) in [5, 5.41) is 10.6. The van der Waals surface area contributed by atoms with Crippen molar-refractivity contribution < 1.29 is 5.11 Å². The zero-order valence-corrected chi connectivity index (χ0v) is 4.82. The fourth-order valence-electron chi connectivity index (χ4n) is 0.888. The van der Waals surface area contributed by atoms with Crippen molar-refractivity contribution in [2.75, 3.05) is 0 Å². The van der Waals surface area contributed by atoms with Gasteiger partial charge in [-0.05, 0) is 19.3 Å². The zero-order valence-electron chi connectivity index (χ0n) is 4.06. The van der Waals surface area contributed by atoms with Crippen molar-refractivity contribution >= 4 is 11.6 Å². The third-order valence-corrected chi connectivity index (χ3v) is 1.72. The lowest BCUT2D eigenvalue weighted by atomic mass is 10.3. The molecule has 0 heterocycles. The molecule has 1 aliphatic carbocycles. The molecule has 0 saturated heterocycles. The van der Waals surface area contributed by atoms with Gasteiger partial charge in [-0.1, -0.05) is 0 Å². The molecule has 0 aromatic heterocycles. The van der Waals surface area contributed by atoms with E-state index in [9.17, 15) is 5.11 Å². The standard InChI is InChI=1S/C5H8ClO/c6-4-1-2-5(7)3-4/h4-5H,1-3H2. The van der Waals surface area contributed by atoms with E-state index in [0.717, 1.165) is 12.8 Å². The van der Waals surface area contributed by atoms with Crippen LogP contribution in [0.25, 0.3) is 0 Å². The predicted molar refractivity (Wildman–Crippen MR) is 28.0 cm³/mol. The smallest absolute Gasteiger partial charge is 0.0944 e. The van der Waals surface area contributed by atoms with E-state index in [2.05, 4.69) is 0 Å². The van der Waals surface area contributed by atoms with Crippen LogP contribution < -0.4 is 0 Å². The average Bonchev–Trinajstić information content (AvgIpc) is 1.87. The van der Waals surface area contributed by atoms with E-state index in [1.807, 2.05) is 0 Å². The third kappa shape index (κ3) is 1.32. The minimum atomic E-state index is -0.359. The van der Waals surface area contributed by atoms with Crippen LogP contribution >= 0.6 is 11.6 Å². The Balaban J connectivity index is 2.26. The van der Waals surface area contributed by atoms with E-state index >= 15 is 0 Å². The third-order valence-electron chi connectivity index (χ3n) is 1.32. The highest BCUT2D eigenvalue weighted by atomic mass is 35.5. The van der Waals surface area contributed by atoms with Crippen LogP contribution in [0.4, 0.5) is 0 Å². The van der Waals surface area contributed by atoms with Crippen molar-refractivity contribution in [3.05, 3.63) is 0 Å². The van der Waals surface area contributed by atoms with Crippen LogP contribution in [0.15, 0.2) is 0 Å². The molecule has 0 aromatic rings. The molecule has 1 saturated carbocycles. The van der Waals surface area contributed by atoms with Crippen LogP contribution in [0.2, 0.25) is 0 Å². The van der Waals surface area contributed by atoms with Gasteiger partial charge in [-0.3, -0.25) is 0 Å². The van der Waals surface area contributed by atoms with Crippen LogP contribution in [-0.4, -0.2) is 11.5 Å². The topological polar surface area (TPSA) is 19.9 Å². The Hall–Kier alpha value is 0.250. The van der Waals surface area contributed by atoms with Gasteiger partial charge >= 0.3 is 0 Å². The summed E-state index contributed by atoms with van der Waals surface area (Å²) in [7, 11) is 0. The second kappa shape index (κ2) is 2.01. The molecule has 1 aliphatic rings. The molecule has 41 valence electrons. The van der Waals surface area contributed by atoms with E-state index in [0.29, 0.717) is 6.42 Å². The summed E-state index contributed by atoms with van der Waals surface area (Å²) >= 11 is 5.61. The van der Waals surface area contributed by atoms with E-state index in [1.54, 1.807) is 0 Å². The monoisotopic (exact) mass is 119 g/mol. The fourth-order valence-corrected chi connectivity index (χ4v) is 1.21. The van der Waals surface area contributed by atoms with Gasteiger partial charge < -0.3 is 0 Å². The molecule has 0 bridgehead atoms. The van der Waals surface area contributed by atoms with Crippen LogP contribution in [-0.2, 0) is 5.11 Å². The number of halogens is 1. The number of alkyl halides is 1. The second-order valence-corrected chi connectivity index (χ2v) is 2.65. The Labute approximate surface area is 48.3 Å². The van der Waals surface area contributed by atoms with Gasteiger partial charge in [0.2, 0.25) is 0 Å². The van der Waals surface area contributed by atoms with Crippen LogP contribution in [0.3, 0.4) is 0 Å². The first-order chi connectivity index (χ1) is 3.29. The van der Waals surface area contributed by atoms with Crippen molar-refractivity contribution in [3.63, 3.8) is 0 Å². The molecule has 1 fully saturated rings. The van der Waals surface area contributed by atoms with Crippen molar-refractivity contribution in [2.24, 2.45) is 0 Å². The van der Waals surface area contributed by atoms with E-state index in [-0.39, 0.29) is 11.5 Å². The van der Waals surface area contributed by atoms with Crippen molar-refractivity contribution in [2.45, 2.75) is 30.7 Å². The van der Waals surface area contributed by atoms with Crippen LogP contribution in [0.1, 0.15) is 19.3 Å². The van der Waals surface area contributed by atoms with E-state index in [1.165, 1.54) is 0 Å². The lowest BCUT2D eigenvalue weighted by Crippen LogP contribution is -1.96. The molecule has 2 unspecified atom stereocenters. The molecule has 1 rings (SSSR count). The maximum absolute atomic E-state index is 10.5. The Morgan fingerprint density at radius 2 is 2.14 bits per heavy atom. The Morgan fingerprint density at radius 1 is 1.43 bits per heavy atom. The Bertz CT molecular complexity index is 57.1. The van der Waals surface area contributed by atoms with E-state index < -0.39 is 0 Å². The van der Waals surface area contributed by atoms with Crippen LogP contribution in [0.5, 0.6) is 0 Å². The molecular formula is C5H8ClO. The molecule has 0 spiro atoms. The SMILES string of the molecule is [O]C1CCC(Cl)C1. The minimum absolute atomic E-state index is 0.183. The summed E-state index contributed by atoms with van der Waals surface area (Å²) in [5.74, 6) is 0. The highest BCUT2D eigenvalue weighted by Crippen LogP contribution is 2.23. The first-order valence-corrected chi connectivity index (χ1v) is 3.02. The van der Waals surface area contributed by atoms with Crippen molar-refractivity contribution in [3.8, 4) is 0 Å². The summed E-state index contributed by atoms with van der Waals surface area (Å²) < 4.78 is 0. The van der Waals surface area contributed by atoms with Gasteiger partial charge in [-0.15, -0.1) is 11.6 Å². The zero-order chi connectivity index (χ0) is 5.28. The van der Waals surface area contributed by atoms with Crippen molar-refractivity contribution in [1.82, 2.24) is 0 Å². The van der Waals surface area contributed by atoms with Gasteiger partial charge in [0.15, 0.2) is 0 Å². The number of hydrogen-bond donors (Lipinski definition) is 0. The van der Waals surface area contributed by atoms with Gasteiger partial charge in [0.05, 0.1) is 6.10 Å². The van der Waals surface area contributed by atoms with Crippen LogP contribution in [0, 0.1) is 0 Å². The first kappa shape index (κ1) is 5.39.